The number of hydrogen-bond acceptors (Lipinski definition) is 3. The molecule has 0 fully saturated rings. The summed E-state index contributed by atoms with van der Waals surface area (Å²) in [5, 5.41) is 18.2. The third-order valence-electron chi connectivity index (χ3n) is 2.13. The van der Waals surface area contributed by atoms with Crippen LogP contribution in [0.5, 0.6) is 0 Å². The lowest BCUT2D eigenvalue weighted by molar-refractivity contribution is -0.130. The standard InChI is InChI=1S/C13H6N2O2/c14-8-12-10(5-6-13(16)17)7-9-3-1-2-4-11(9)15-12/h1-4,7H,(H,16,17). The first-order valence-electron chi connectivity index (χ1n) is 4.75. The number of hydrogen-bond donors (Lipinski definition) is 1. The molecule has 0 aliphatic carbocycles. The van der Waals surface area contributed by atoms with E-state index in [1.165, 1.54) is 0 Å². The molecule has 0 aliphatic rings. The van der Waals surface area contributed by atoms with Crippen LogP contribution < -0.4 is 0 Å². The SMILES string of the molecule is N#Cc1nc2ccccc2cc1C#CC(=O)O. The maximum Gasteiger partial charge on any atom is 0.382 e. The third-order valence-corrected chi connectivity index (χ3v) is 2.13. The van der Waals surface area contributed by atoms with Crippen molar-refractivity contribution in [2.75, 3.05) is 0 Å². The highest BCUT2D eigenvalue weighted by atomic mass is 16.4. The zero-order chi connectivity index (χ0) is 12.3. The van der Waals surface area contributed by atoms with Gasteiger partial charge in [0.1, 0.15) is 6.07 Å². The molecule has 0 radical (unpaired) electrons. The van der Waals surface area contributed by atoms with Crippen molar-refractivity contribution in [2.24, 2.45) is 0 Å². The summed E-state index contributed by atoms with van der Waals surface area (Å²) in [5.41, 5.74) is 1.15. The van der Waals surface area contributed by atoms with Crippen molar-refractivity contribution in [1.29, 1.82) is 5.26 Å². The molecule has 0 spiro atoms. The van der Waals surface area contributed by atoms with Crippen LogP contribution in [-0.4, -0.2) is 16.1 Å². The summed E-state index contributed by atoms with van der Waals surface area (Å²) >= 11 is 0. The number of carbonyl (C=O) groups is 1. The molecule has 0 unspecified atom stereocenters. The molecule has 0 saturated carbocycles. The lowest BCUT2D eigenvalue weighted by Gasteiger charge is -1.99. The van der Waals surface area contributed by atoms with Crippen LogP contribution in [-0.2, 0) is 4.79 Å². The Labute approximate surface area is 97.1 Å². The molecule has 1 N–H and O–H groups in total. The lowest BCUT2D eigenvalue weighted by atomic mass is 10.1. The van der Waals surface area contributed by atoms with E-state index in [1.807, 2.05) is 30.2 Å². The van der Waals surface area contributed by atoms with Gasteiger partial charge in [-0.05, 0) is 12.1 Å². The van der Waals surface area contributed by atoms with Crippen LogP contribution in [0.1, 0.15) is 11.3 Å². The van der Waals surface area contributed by atoms with Gasteiger partial charge in [-0.25, -0.2) is 9.78 Å². The first-order valence-corrected chi connectivity index (χ1v) is 4.75. The zero-order valence-corrected chi connectivity index (χ0v) is 8.64. The van der Waals surface area contributed by atoms with Crippen molar-refractivity contribution in [3.63, 3.8) is 0 Å². The highest BCUT2D eigenvalue weighted by Crippen LogP contribution is 2.15. The van der Waals surface area contributed by atoms with Crippen molar-refractivity contribution in [1.82, 2.24) is 4.98 Å². The Bertz CT molecular complexity index is 703. The largest absolute Gasteiger partial charge is 0.472 e. The summed E-state index contributed by atoms with van der Waals surface area (Å²) in [6.45, 7) is 0. The van der Waals surface area contributed by atoms with E-state index in [4.69, 9.17) is 10.4 Å². The molecule has 80 valence electrons. The van der Waals surface area contributed by atoms with Crippen molar-refractivity contribution in [2.45, 2.75) is 0 Å². The van der Waals surface area contributed by atoms with E-state index in [1.54, 1.807) is 12.1 Å². The van der Waals surface area contributed by atoms with Gasteiger partial charge >= 0.3 is 5.97 Å². The van der Waals surface area contributed by atoms with E-state index in [9.17, 15) is 4.79 Å². The molecule has 0 amide bonds. The number of benzene rings is 1. The fraction of sp³-hybridized carbons (Fsp3) is 0. The molecule has 4 heteroatoms. The number of pyridine rings is 1. The van der Waals surface area contributed by atoms with E-state index < -0.39 is 5.97 Å². The van der Waals surface area contributed by atoms with Crippen LogP contribution in [0.2, 0.25) is 0 Å². The fourth-order valence-corrected chi connectivity index (χ4v) is 1.42. The van der Waals surface area contributed by atoms with Crippen LogP contribution in [0.4, 0.5) is 0 Å². The van der Waals surface area contributed by atoms with E-state index in [-0.39, 0.29) is 5.69 Å². The fourth-order valence-electron chi connectivity index (χ4n) is 1.42. The summed E-state index contributed by atoms with van der Waals surface area (Å²) in [6.07, 6.45) is 0. The Hall–Kier alpha value is -2.85. The van der Waals surface area contributed by atoms with Gasteiger partial charge in [0.15, 0.2) is 5.69 Å². The van der Waals surface area contributed by atoms with Gasteiger partial charge in [0.2, 0.25) is 0 Å². The maximum atomic E-state index is 10.4. The van der Waals surface area contributed by atoms with Crippen molar-refractivity contribution in [3.05, 3.63) is 41.6 Å². The third kappa shape index (κ3) is 2.22. The van der Waals surface area contributed by atoms with Crippen molar-refractivity contribution < 1.29 is 9.90 Å². The number of aromatic nitrogens is 1. The topological polar surface area (TPSA) is 74.0 Å². The molecule has 2 aromatic rings. The van der Waals surface area contributed by atoms with Gasteiger partial charge in [0, 0.05) is 11.3 Å². The average molecular weight is 222 g/mol. The average Bonchev–Trinajstić information content (AvgIpc) is 2.35. The summed E-state index contributed by atoms with van der Waals surface area (Å²) in [4.78, 5) is 14.5. The van der Waals surface area contributed by atoms with Gasteiger partial charge in [-0.2, -0.15) is 5.26 Å². The molecule has 0 bridgehead atoms. The monoisotopic (exact) mass is 222 g/mol. The highest BCUT2D eigenvalue weighted by Gasteiger charge is 2.04. The molecule has 1 heterocycles. The van der Waals surface area contributed by atoms with Crippen LogP contribution in [0, 0.1) is 23.2 Å². The first-order chi connectivity index (χ1) is 8.20. The predicted molar refractivity (Wildman–Crippen MR) is 61.0 cm³/mol. The minimum absolute atomic E-state index is 0.137. The molecule has 4 nitrogen and oxygen atoms in total. The zero-order valence-electron chi connectivity index (χ0n) is 8.64. The molecule has 0 saturated heterocycles. The summed E-state index contributed by atoms with van der Waals surface area (Å²) in [7, 11) is 0. The number of rotatable bonds is 0. The van der Waals surface area contributed by atoms with E-state index in [0.717, 1.165) is 5.39 Å². The number of carboxylic acids is 1. The Balaban J connectivity index is 2.67. The van der Waals surface area contributed by atoms with Gasteiger partial charge in [0.05, 0.1) is 11.1 Å². The molecule has 1 aromatic carbocycles. The molecule has 17 heavy (non-hydrogen) atoms. The van der Waals surface area contributed by atoms with Gasteiger partial charge in [-0.15, -0.1) is 0 Å². The highest BCUT2D eigenvalue weighted by molar-refractivity contribution is 5.88. The molecule has 0 aliphatic heterocycles. The number of nitrogens with zero attached hydrogens (tertiary/aromatic N) is 2. The number of aliphatic carboxylic acids is 1. The van der Waals surface area contributed by atoms with Gasteiger partial charge in [0.25, 0.3) is 0 Å². The smallest absolute Gasteiger partial charge is 0.382 e. The number of carboxylic acid groups (broad SMARTS) is 1. The van der Waals surface area contributed by atoms with E-state index in [0.29, 0.717) is 11.1 Å². The second kappa shape index (κ2) is 4.34. The van der Waals surface area contributed by atoms with Gasteiger partial charge in [-0.1, -0.05) is 24.1 Å². The van der Waals surface area contributed by atoms with Crippen LogP contribution in [0.15, 0.2) is 30.3 Å². The summed E-state index contributed by atoms with van der Waals surface area (Å²) in [5.74, 6) is 3.16. The molecule has 2 rings (SSSR count). The van der Waals surface area contributed by atoms with Crippen LogP contribution in [0.25, 0.3) is 10.9 Å². The maximum absolute atomic E-state index is 10.4. The number of fused-ring (bicyclic) bond motifs is 1. The Morgan fingerprint density at radius 3 is 2.82 bits per heavy atom. The predicted octanol–water partition coefficient (Wildman–Crippen LogP) is 1.54. The number of para-hydroxylation sites is 1. The minimum Gasteiger partial charge on any atom is -0.472 e. The van der Waals surface area contributed by atoms with Gasteiger partial charge < -0.3 is 5.11 Å². The molecular formula is C13H6N2O2. The summed E-state index contributed by atoms with van der Waals surface area (Å²) < 4.78 is 0. The summed E-state index contributed by atoms with van der Waals surface area (Å²) in [6, 6.07) is 10.8. The van der Waals surface area contributed by atoms with Crippen LogP contribution >= 0.6 is 0 Å². The quantitative estimate of drug-likeness (QED) is 0.686. The molecule has 1 aromatic heterocycles. The van der Waals surface area contributed by atoms with E-state index >= 15 is 0 Å². The Morgan fingerprint density at radius 2 is 2.12 bits per heavy atom. The van der Waals surface area contributed by atoms with Crippen LogP contribution in [0.3, 0.4) is 0 Å². The molecule has 0 atom stereocenters. The van der Waals surface area contributed by atoms with Crippen molar-refractivity contribution >= 4 is 16.9 Å². The van der Waals surface area contributed by atoms with Crippen molar-refractivity contribution in [3.8, 4) is 17.9 Å². The normalized spacial score (nSPS) is 9.12. The second-order valence-corrected chi connectivity index (χ2v) is 3.24. The second-order valence-electron chi connectivity index (χ2n) is 3.24. The first kappa shape index (κ1) is 10.7. The van der Waals surface area contributed by atoms with Gasteiger partial charge in [-0.3, -0.25) is 0 Å². The Morgan fingerprint density at radius 1 is 1.35 bits per heavy atom. The Kier molecular flexibility index (Phi) is 2.72. The molecular weight excluding hydrogens is 216 g/mol. The minimum atomic E-state index is -1.23. The van der Waals surface area contributed by atoms with E-state index in [2.05, 4.69) is 10.9 Å². The lowest BCUT2D eigenvalue weighted by Crippen LogP contribution is -1.92. The number of nitriles is 1.